The SMILES string of the molecule is OC1(C2CCCCN2)CC2CCC(C1)N2. The van der Waals surface area contributed by atoms with Gasteiger partial charge in [-0.3, -0.25) is 0 Å². The Morgan fingerprint density at radius 2 is 1.73 bits per heavy atom. The molecule has 3 N–H and O–H groups in total. The lowest BCUT2D eigenvalue weighted by molar-refractivity contribution is -0.0458. The minimum absolute atomic E-state index is 0.358. The van der Waals surface area contributed by atoms with E-state index in [4.69, 9.17) is 0 Å². The molecule has 3 nitrogen and oxygen atoms in total. The van der Waals surface area contributed by atoms with E-state index >= 15 is 0 Å². The Bertz CT molecular complexity index is 226. The second-order valence-electron chi connectivity index (χ2n) is 5.65. The van der Waals surface area contributed by atoms with Gasteiger partial charge < -0.3 is 15.7 Å². The highest BCUT2D eigenvalue weighted by molar-refractivity contribution is 5.05. The van der Waals surface area contributed by atoms with E-state index in [-0.39, 0.29) is 0 Å². The first-order valence-corrected chi connectivity index (χ1v) is 6.48. The molecule has 3 rings (SSSR count). The Hall–Kier alpha value is -0.120. The van der Waals surface area contributed by atoms with Crippen LogP contribution in [0.1, 0.15) is 44.9 Å². The van der Waals surface area contributed by atoms with Gasteiger partial charge in [-0.2, -0.15) is 0 Å². The summed E-state index contributed by atoms with van der Waals surface area (Å²) < 4.78 is 0. The van der Waals surface area contributed by atoms with Gasteiger partial charge in [-0.25, -0.2) is 0 Å². The average molecular weight is 210 g/mol. The number of rotatable bonds is 1. The highest BCUT2D eigenvalue weighted by Crippen LogP contribution is 2.37. The molecule has 3 heterocycles. The van der Waals surface area contributed by atoms with Gasteiger partial charge in [0.2, 0.25) is 0 Å². The maximum atomic E-state index is 10.8. The molecule has 0 aliphatic carbocycles. The summed E-state index contributed by atoms with van der Waals surface area (Å²) in [6.07, 6.45) is 8.16. The second-order valence-corrected chi connectivity index (χ2v) is 5.65. The first-order valence-electron chi connectivity index (χ1n) is 6.48. The third-order valence-electron chi connectivity index (χ3n) is 4.49. The van der Waals surface area contributed by atoms with E-state index in [9.17, 15) is 5.11 Å². The number of nitrogens with one attached hydrogen (secondary N) is 2. The molecule has 3 unspecified atom stereocenters. The van der Waals surface area contributed by atoms with Crippen LogP contribution in [0, 0.1) is 0 Å². The third kappa shape index (κ3) is 1.81. The maximum absolute atomic E-state index is 10.8. The van der Waals surface area contributed by atoms with E-state index in [1.807, 2.05) is 0 Å². The van der Waals surface area contributed by atoms with Crippen molar-refractivity contribution in [3.63, 3.8) is 0 Å². The van der Waals surface area contributed by atoms with E-state index < -0.39 is 5.60 Å². The lowest BCUT2D eigenvalue weighted by Crippen LogP contribution is -2.59. The van der Waals surface area contributed by atoms with Crippen LogP contribution in [-0.2, 0) is 0 Å². The van der Waals surface area contributed by atoms with Crippen LogP contribution >= 0.6 is 0 Å². The van der Waals surface area contributed by atoms with E-state index in [1.54, 1.807) is 0 Å². The van der Waals surface area contributed by atoms with Crippen molar-refractivity contribution in [2.45, 2.75) is 68.7 Å². The predicted molar refractivity (Wildman–Crippen MR) is 59.8 cm³/mol. The first kappa shape index (κ1) is 10.1. The molecular weight excluding hydrogens is 188 g/mol. The molecule has 3 heteroatoms. The third-order valence-corrected chi connectivity index (χ3v) is 4.49. The summed E-state index contributed by atoms with van der Waals surface area (Å²) in [6.45, 7) is 1.09. The molecule has 0 aromatic heterocycles. The van der Waals surface area contributed by atoms with Gasteiger partial charge >= 0.3 is 0 Å². The quantitative estimate of drug-likeness (QED) is 0.599. The molecule has 0 aromatic carbocycles. The summed E-state index contributed by atoms with van der Waals surface area (Å²) in [4.78, 5) is 0. The molecule has 15 heavy (non-hydrogen) atoms. The van der Waals surface area contributed by atoms with E-state index in [0.29, 0.717) is 18.1 Å². The minimum Gasteiger partial charge on any atom is -0.388 e. The summed E-state index contributed by atoms with van der Waals surface area (Å²) in [5, 5.41) is 17.9. The molecule has 2 bridgehead atoms. The Balaban J connectivity index is 1.72. The van der Waals surface area contributed by atoms with Crippen molar-refractivity contribution in [2.24, 2.45) is 0 Å². The van der Waals surface area contributed by atoms with Crippen LogP contribution in [-0.4, -0.2) is 35.4 Å². The van der Waals surface area contributed by atoms with Crippen molar-refractivity contribution in [3.8, 4) is 0 Å². The number of piperidine rings is 2. The minimum atomic E-state index is -0.419. The van der Waals surface area contributed by atoms with Gasteiger partial charge in [-0.05, 0) is 45.1 Å². The molecule has 3 aliphatic rings. The zero-order valence-electron chi connectivity index (χ0n) is 9.34. The summed E-state index contributed by atoms with van der Waals surface area (Å²) >= 11 is 0. The van der Waals surface area contributed by atoms with Crippen LogP contribution in [0.3, 0.4) is 0 Å². The summed E-state index contributed by atoms with van der Waals surface area (Å²) in [5.74, 6) is 0. The van der Waals surface area contributed by atoms with Crippen molar-refractivity contribution in [3.05, 3.63) is 0 Å². The molecule has 3 saturated heterocycles. The van der Waals surface area contributed by atoms with E-state index in [0.717, 1.165) is 25.8 Å². The molecule has 3 atom stereocenters. The summed E-state index contributed by atoms with van der Waals surface area (Å²) in [6, 6.07) is 1.52. The molecule has 3 fully saturated rings. The Kier molecular flexibility index (Phi) is 2.49. The lowest BCUT2D eigenvalue weighted by atomic mass is 9.78. The van der Waals surface area contributed by atoms with Gasteiger partial charge in [0, 0.05) is 18.1 Å². The van der Waals surface area contributed by atoms with Gasteiger partial charge in [0.1, 0.15) is 0 Å². The van der Waals surface area contributed by atoms with Gasteiger partial charge in [0.05, 0.1) is 5.60 Å². The van der Waals surface area contributed by atoms with Gasteiger partial charge in [0.25, 0.3) is 0 Å². The molecule has 86 valence electrons. The second kappa shape index (κ2) is 3.72. The zero-order chi connectivity index (χ0) is 10.3. The van der Waals surface area contributed by atoms with E-state index in [1.165, 1.54) is 25.7 Å². The monoisotopic (exact) mass is 210 g/mol. The highest BCUT2D eigenvalue weighted by atomic mass is 16.3. The van der Waals surface area contributed by atoms with Crippen molar-refractivity contribution >= 4 is 0 Å². The van der Waals surface area contributed by atoms with Crippen LogP contribution in [0.15, 0.2) is 0 Å². The Morgan fingerprint density at radius 3 is 2.33 bits per heavy atom. The lowest BCUT2D eigenvalue weighted by Gasteiger charge is -2.44. The van der Waals surface area contributed by atoms with Crippen LogP contribution in [0.5, 0.6) is 0 Å². The number of aliphatic hydroxyl groups is 1. The molecule has 0 aromatic rings. The van der Waals surface area contributed by atoms with Crippen molar-refractivity contribution in [2.75, 3.05) is 6.54 Å². The summed E-state index contributed by atoms with van der Waals surface area (Å²) in [5.41, 5.74) is -0.419. The molecule has 0 radical (unpaired) electrons. The molecule has 3 aliphatic heterocycles. The first-order chi connectivity index (χ1) is 7.26. The molecule has 0 amide bonds. The largest absolute Gasteiger partial charge is 0.388 e. The predicted octanol–water partition coefficient (Wildman–Crippen LogP) is 0.774. The Morgan fingerprint density at radius 1 is 1.00 bits per heavy atom. The standard InChI is InChI=1S/C12H22N2O/c15-12(11-3-1-2-6-13-11)7-9-4-5-10(8-12)14-9/h9-11,13-15H,1-8H2. The maximum Gasteiger partial charge on any atom is 0.0829 e. The fourth-order valence-corrected chi connectivity index (χ4v) is 3.76. The zero-order valence-corrected chi connectivity index (χ0v) is 9.34. The number of hydrogen-bond acceptors (Lipinski definition) is 3. The van der Waals surface area contributed by atoms with Crippen molar-refractivity contribution < 1.29 is 5.11 Å². The van der Waals surface area contributed by atoms with Crippen LogP contribution in [0.4, 0.5) is 0 Å². The fourth-order valence-electron chi connectivity index (χ4n) is 3.76. The smallest absolute Gasteiger partial charge is 0.0829 e. The number of fused-ring (bicyclic) bond motifs is 2. The van der Waals surface area contributed by atoms with Gasteiger partial charge in [-0.15, -0.1) is 0 Å². The van der Waals surface area contributed by atoms with Crippen molar-refractivity contribution in [1.29, 1.82) is 0 Å². The Labute approximate surface area is 91.6 Å². The normalized spacial score (nSPS) is 50.6. The van der Waals surface area contributed by atoms with Gasteiger partial charge in [-0.1, -0.05) is 6.42 Å². The van der Waals surface area contributed by atoms with Crippen LogP contribution in [0.25, 0.3) is 0 Å². The number of hydrogen-bond donors (Lipinski definition) is 3. The molecule has 0 saturated carbocycles. The van der Waals surface area contributed by atoms with Crippen molar-refractivity contribution in [1.82, 2.24) is 10.6 Å². The molecule has 0 spiro atoms. The average Bonchev–Trinajstić information content (AvgIpc) is 2.60. The topological polar surface area (TPSA) is 44.3 Å². The van der Waals surface area contributed by atoms with E-state index in [2.05, 4.69) is 10.6 Å². The van der Waals surface area contributed by atoms with Crippen LogP contribution < -0.4 is 10.6 Å². The highest BCUT2D eigenvalue weighted by Gasteiger charge is 2.46. The summed E-state index contributed by atoms with van der Waals surface area (Å²) in [7, 11) is 0. The molecular formula is C12H22N2O. The fraction of sp³-hybridized carbons (Fsp3) is 1.00. The van der Waals surface area contributed by atoms with Crippen LogP contribution in [0.2, 0.25) is 0 Å². The van der Waals surface area contributed by atoms with Gasteiger partial charge in [0.15, 0.2) is 0 Å².